The molecule has 27 heavy (non-hydrogen) atoms. The molecule has 1 aliphatic heterocycles. The maximum absolute atomic E-state index is 3.00. The maximum Gasteiger partial charge on any atom is 0.0488 e. The van der Waals surface area contributed by atoms with Crippen LogP contribution in [0.2, 0.25) is 0 Å². The van der Waals surface area contributed by atoms with Crippen LogP contribution in [0.3, 0.4) is 0 Å². The number of hydrogen-bond donors (Lipinski definition) is 0. The summed E-state index contributed by atoms with van der Waals surface area (Å²) in [6.45, 7) is 10.0. The molecule has 0 unspecified atom stereocenters. The monoisotopic (exact) mass is 356 g/mol. The van der Waals surface area contributed by atoms with Crippen LogP contribution in [0, 0.1) is 0 Å². The highest BCUT2D eigenvalue weighted by atomic mass is 15.0. The Morgan fingerprint density at radius 1 is 0.667 bits per heavy atom. The van der Waals surface area contributed by atoms with Crippen molar-refractivity contribution in [3.63, 3.8) is 0 Å². The standard InChI is InChI=1S/C11H9N.C10H9N.C2H6.C2H4/c1-2-6-11-9(4-1)8-10-5-3-7-12(10)11;1-2-6-10(7-3-1)11-8-4-5-9-11;2*1-2/h1-7H,8H2;1-9H;1-2H3;1-2H2. The Morgan fingerprint density at radius 3 is 2.00 bits per heavy atom. The minimum atomic E-state index is 1.09. The summed E-state index contributed by atoms with van der Waals surface area (Å²) in [4.78, 5) is 0. The minimum absolute atomic E-state index is 1.09. The fraction of sp³-hybridized carbons (Fsp3) is 0.120. The molecule has 0 N–H and O–H groups in total. The van der Waals surface area contributed by atoms with Crippen LogP contribution < -0.4 is 0 Å². The van der Waals surface area contributed by atoms with Crippen molar-refractivity contribution in [1.29, 1.82) is 0 Å². The van der Waals surface area contributed by atoms with Gasteiger partial charge < -0.3 is 9.13 Å². The molecular formula is C25H28N2. The van der Waals surface area contributed by atoms with Gasteiger partial charge >= 0.3 is 0 Å². The molecule has 2 aromatic heterocycles. The molecule has 0 bridgehead atoms. The van der Waals surface area contributed by atoms with Gasteiger partial charge in [-0.05, 0) is 48.0 Å². The molecule has 0 radical (unpaired) electrons. The molecule has 2 heteroatoms. The van der Waals surface area contributed by atoms with Gasteiger partial charge in [0.25, 0.3) is 0 Å². The molecule has 0 spiro atoms. The van der Waals surface area contributed by atoms with Crippen LogP contribution in [0.15, 0.2) is 111 Å². The second-order valence-corrected chi connectivity index (χ2v) is 5.60. The summed E-state index contributed by atoms with van der Waals surface area (Å²) in [5.41, 5.74) is 5.39. The number of aromatic nitrogens is 2. The van der Waals surface area contributed by atoms with E-state index >= 15 is 0 Å². The van der Waals surface area contributed by atoms with Gasteiger partial charge in [-0.25, -0.2) is 0 Å². The first-order valence-corrected chi connectivity index (χ1v) is 9.35. The van der Waals surface area contributed by atoms with Crippen molar-refractivity contribution in [2.75, 3.05) is 0 Å². The van der Waals surface area contributed by atoms with Crippen LogP contribution >= 0.6 is 0 Å². The van der Waals surface area contributed by atoms with Crippen LogP contribution in [0.4, 0.5) is 0 Å². The molecule has 0 aliphatic carbocycles. The van der Waals surface area contributed by atoms with Crippen molar-refractivity contribution in [3.05, 3.63) is 122 Å². The third kappa shape index (κ3) is 4.89. The minimum Gasteiger partial charge on any atom is -0.324 e. The van der Waals surface area contributed by atoms with E-state index in [1.54, 1.807) is 0 Å². The average molecular weight is 357 g/mol. The quantitative estimate of drug-likeness (QED) is 0.296. The number of para-hydroxylation sites is 2. The normalized spacial score (nSPS) is 10.0. The predicted octanol–water partition coefficient (Wildman–Crippen LogP) is 6.69. The van der Waals surface area contributed by atoms with Crippen LogP contribution in [-0.2, 0) is 6.42 Å². The lowest BCUT2D eigenvalue weighted by molar-refractivity contribution is 1.05. The number of nitrogens with zero attached hydrogens (tertiary/aromatic N) is 2. The van der Waals surface area contributed by atoms with E-state index in [9.17, 15) is 0 Å². The van der Waals surface area contributed by atoms with Gasteiger partial charge in [0.05, 0.1) is 0 Å². The maximum atomic E-state index is 3.00. The SMILES string of the molecule is C=C.CC.c1ccc(-n2cccc2)cc1.c1ccc2c(c1)Cc1cccn1-2. The van der Waals surface area contributed by atoms with E-state index in [2.05, 4.69) is 77.0 Å². The zero-order chi connectivity index (χ0) is 19.5. The van der Waals surface area contributed by atoms with Crippen molar-refractivity contribution < 1.29 is 0 Å². The van der Waals surface area contributed by atoms with Crippen LogP contribution in [0.5, 0.6) is 0 Å². The first kappa shape index (κ1) is 20.1. The van der Waals surface area contributed by atoms with Crippen molar-refractivity contribution in [2.45, 2.75) is 20.3 Å². The highest BCUT2D eigenvalue weighted by Gasteiger charge is 2.15. The van der Waals surface area contributed by atoms with Crippen molar-refractivity contribution in [3.8, 4) is 11.4 Å². The summed E-state index contributed by atoms with van der Waals surface area (Å²) in [5, 5.41) is 0. The molecule has 4 aromatic rings. The lowest BCUT2D eigenvalue weighted by Gasteiger charge is -1.99. The van der Waals surface area contributed by atoms with Gasteiger partial charge in [-0.2, -0.15) is 0 Å². The first-order chi connectivity index (χ1) is 13.4. The predicted molar refractivity (Wildman–Crippen MR) is 117 cm³/mol. The summed E-state index contributed by atoms with van der Waals surface area (Å²) in [5.74, 6) is 0. The molecule has 0 atom stereocenters. The van der Waals surface area contributed by atoms with E-state index in [0.29, 0.717) is 0 Å². The van der Waals surface area contributed by atoms with E-state index in [0.717, 1.165) is 6.42 Å². The highest BCUT2D eigenvalue weighted by Crippen LogP contribution is 2.27. The second kappa shape index (κ2) is 10.7. The molecule has 3 heterocycles. The van der Waals surface area contributed by atoms with E-state index in [-0.39, 0.29) is 0 Å². The Hall–Kier alpha value is -3.26. The molecule has 0 saturated heterocycles. The Kier molecular flexibility index (Phi) is 7.92. The molecule has 0 amide bonds. The molecule has 2 aromatic carbocycles. The molecular weight excluding hydrogens is 328 g/mol. The Morgan fingerprint density at radius 2 is 1.30 bits per heavy atom. The zero-order valence-corrected chi connectivity index (χ0v) is 16.3. The van der Waals surface area contributed by atoms with Gasteiger partial charge in [0.15, 0.2) is 0 Å². The lowest BCUT2D eigenvalue weighted by Crippen LogP contribution is -1.87. The molecule has 0 fully saturated rings. The van der Waals surface area contributed by atoms with E-state index in [4.69, 9.17) is 0 Å². The number of fused-ring (bicyclic) bond motifs is 3. The summed E-state index contributed by atoms with van der Waals surface area (Å²) in [6.07, 6.45) is 7.29. The van der Waals surface area contributed by atoms with E-state index in [1.807, 2.05) is 56.6 Å². The fourth-order valence-electron chi connectivity index (χ4n) is 2.99. The number of rotatable bonds is 1. The van der Waals surface area contributed by atoms with Gasteiger partial charge in [-0.3, -0.25) is 0 Å². The first-order valence-electron chi connectivity index (χ1n) is 9.35. The average Bonchev–Trinajstić information content (AvgIpc) is 3.50. The number of hydrogen-bond acceptors (Lipinski definition) is 0. The van der Waals surface area contributed by atoms with Crippen molar-refractivity contribution in [2.24, 2.45) is 0 Å². The second-order valence-electron chi connectivity index (χ2n) is 5.60. The smallest absolute Gasteiger partial charge is 0.0488 e. The third-order valence-electron chi connectivity index (χ3n) is 4.11. The molecule has 0 saturated carbocycles. The van der Waals surface area contributed by atoms with Crippen molar-refractivity contribution in [1.82, 2.24) is 9.13 Å². The Balaban J connectivity index is 0.000000165. The third-order valence-corrected chi connectivity index (χ3v) is 4.11. The molecule has 2 nitrogen and oxygen atoms in total. The lowest BCUT2D eigenvalue weighted by atomic mass is 10.1. The molecule has 138 valence electrons. The zero-order valence-electron chi connectivity index (χ0n) is 16.3. The summed E-state index contributed by atoms with van der Waals surface area (Å²) in [7, 11) is 0. The summed E-state index contributed by atoms with van der Waals surface area (Å²) < 4.78 is 4.34. The Bertz CT molecular complexity index is 902. The van der Waals surface area contributed by atoms with Crippen LogP contribution in [-0.4, -0.2) is 9.13 Å². The van der Waals surface area contributed by atoms with Gasteiger partial charge in [0.2, 0.25) is 0 Å². The van der Waals surface area contributed by atoms with E-state index in [1.165, 1.54) is 22.6 Å². The van der Waals surface area contributed by atoms with Gasteiger partial charge in [0.1, 0.15) is 0 Å². The van der Waals surface area contributed by atoms with Gasteiger partial charge in [0, 0.05) is 42.1 Å². The van der Waals surface area contributed by atoms with Gasteiger partial charge in [-0.15, -0.1) is 13.2 Å². The summed E-state index contributed by atoms with van der Waals surface area (Å²) in [6, 6.07) is 27.1. The largest absolute Gasteiger partial charge is 0.324 e. The van der Waals surface area contributed by atoms with Crippen LogP contribution in [0.1, 0.15) is 25.1 Å². The van der Waals surface area contributed by atoms with Crippen molar-refractivity contribution >= 4 is 0 Å². The molecule has 1 aliphatic rings. The number of benzene rings is 2. The van der Waals surface area contributed by atoms with Crippen LogP contribution in [0.25, 0.3) is 11.4 Å². The topological polar surface area (TPSA) is 9.86 Å². The van der Waals surface area contributed by atoms with Gasteiger partial charge in [-0.1, -0.05) is 50.2 Å². The fourth-order valence-corrected chi connectivity index (χ4v) is 2.99. The summed E-state index contributed by atoms with van der Waals surface area (Å²) >= 11 is 0. The van der Waals surface area contributed by atoms with E-state index < -0.39 is 0 Å². The Labute approximate surface area is 163 Å². The highest BCUT2D eigenvalue weighted by molar-refractivity contribution is 5.50. The molecule has 5 rings (SSSR count).